The Labute approximate surface area is 161 Å². The molecule has 0 atom stereocenters. The molecule has 0 radical (unpaired) electrons. The first-order chi connectivity index (χ1) is 12.6. The second-order valence-corrected chi connectivity index (χ2v) is 8.61. The number of oxazole rings is 1. The summed E-state index contributed by atoms with van der Waals surface area (Å²) in [5, 5.41) is 0. The third-order valence-electron chi connectivity index (χ3n) is 3.86. The van der Waals surface area contributed by atoms with Gasteiger partial charge in [-0.05, 0) is 17.7 Å². The molecule has 0 aliphatic heterocycles. The minimum Gasteiger partial charge on any atom is -0.441 e. The fourth-order valence-electron chi connectivity index (χ4n) is 2.41. The first kappa shape index (κ1) is 19.6. The quantitative estimate of drug-likeness (QED) is 0.623. The number of hydrogen-bond acceptors (Lipinski definition) is 4. The molecule has 1 heterocycles. The predicted octanol–water partition coefficient (Wildman–Crippen LogP) is 3.82. The van der Waals surface area contributed by atoms with E-state index in [4.69, 9.17) is 4.42 Å². The van der Waals surface area contributed by atoms with Gasteiger partial charge in [0.1, 0.15) is 17.0 Å². The third-order valence-corrected chi connectivity index (χ3v) is 5.77. The van der Waals surface area contributed by atoms with Crippen LogP contribution in [0.15, 0.2) is 33.5 Å². The van der Waals surface area contributed by atoms with E-state index < -0.39 is 45.2 Å². The van der Waals surface area contributed by atoms with Crippen LogP contribution in [-0.2, 0) is 16.6 Å². The maximum atomic E-state index is 14.7. The van der Waals surface area contributed by atoms with E-state index in [1.807, 2.05) is 0 Å². The monoisotopic (exact) mass is 463 g/mol. The van der Waals surface area contributed by atoms with Gasteiger partial charge in [0.25, 0.3) is 0 Å². The van der Waals surface area contributed by atoms with Gasteiger partial charge in [-0.1, -0.05) is 22.0 Å². The van der Waals surface area contributed by atoms with E-state index in [2.05, 4.69) is 25.6 Å². The van der Waals surface area contributed by atoms with Crippen molar-refractivity contribution < 1.29 is 26.0 Å². The molecule has 0 bridgehead atoms. The Morgan fingerprint density at radius 2 is 1.93 bits per heavy atom. The summed E-state index contributed by atoms with van der Waals surface area (Å²) in [6.07, 6.45) is 0.453. The molecule has 3 rings (SSSR count). The normalized spacial score (nSPS) is 12.1. The second-order valence-electron chi connectivity index (χ2n) is 5.81. The van der Waals surface area contributed by atoms with Gasteiger partial charge in [0.05, 0.1) is 0 Å². The van der Waals surface area contributed by atoms with Crippen molar-refractivity contribution in [3.05, 3.63) is 57.6 Å². The zero-order valence-corrected chi connectivity index (χ0v) is 16.5. The molecule has 2 aromatic carbocycles. The highest BCUT2D eigenvalue weighted by Crippen LogP contribution is 2.35. The second kappa shape index (κ2) is 7.13. The Hall–Kier alpha value is -2.11. The average Bonchev–Trinajstić information content (AvgIpc) is 3.07. The first-order valence-electron chi connectivity index (χ1n) is 7.49. The first-order valence-corrected chi connectivity index (χ1v) is 9.72. The number of benzene rings is 2. The van der Waals surface area contributed by atoms with Crippen molar-refractivity contribution in [3.63, 3.8) is 0 Å². The van der Waals surface area contributed by atoms with Gasteiger partial charge < -0.3 is 4.42 Å². The maximum absolute atomic E-state index is 14.7. The third kappa shape index (κ3) is 3.66. The molecule has 0 fully saturated rings. The highest BCUT2D eigenvalue weighted by atomic mass is 79.9. The molecule has 1 aromatic heterocycles. The lowest BCUT2D eigenvalue weighted by Gasteiger charge is -2.17. The van der Waals surface area contributed by atoms with Gasteiger partial charge in [-0.2, -0.15) is 12.7 Å². The highest BCUT2D eigenvalue weighted by molar-refractivity contribution is 9.10. The molecular weight excluding hydrogens is 451 g/mol. The number of hydrogen-bond donors (Lipinski definition) is 1. The minimum absolute atomic E-state index is 0.0423. The van der Waals surface area contributed by atoms with Crippen LogP contribution in [0, 0.1) is 17.5 Å². The van der Waals surface area contributed by atoms with Crippen LogP contribution in [0.5, 0.6) is 0 Å². The van der Waals surface area contributed by atoms with Crippen LogP contribution in [0.2, 0.25) is 0 Å². The summed E-state index contributed by atoms with van der Waals surface area (Å²) in [5.41, 5.74) is -1.45. The van der Waals surface area contributed by atoms with E-state index in [1.165, 1.54) is 32.3 Å². The Bertz CT molecular complexity index is 1130. The fourth-order valence-corrected chi connectivity index (χ4v) is 3.40. The van der Waals surface area contributed by atoms with Crippen molar-refractivity contribution in [1.29, 1.82) is 0 Å². The van der Waals surface area contributed by atoms with Gasteiger partial charge in [0.2, 0.25) is 0 Å². The average molecular weight is 464 g/mol. The molecule has 27 heavy (non-hydrogen) atoms. The van der Waals surface area contributed by atoms with Crippen molar-refractivity contribution in [2.45, 2.75) is 6.42 Å². The van der Waals surface area contributed by atoms with E-state index in [1.54, 1.807) is 0 Å². The molecule has 0 aliphatic rings. The number of rotatable bonds is 5. The van der Waals surface area contributed by atoms with Crippen molar-refractivity contribution in [1.82, 2.24) is 9.29 Å². The number of halogens is 4. The lowest BCUT2D eigenvalue weighted by Crippen LogP contribution is -2.29. The zero-order valence-electron chi connectivity index (χ0n) is 14.1. The summed E-state index contributed by atoms with van der Waals surface area (Å²) < 4.78 is 76.3. The predicted molar refractivity (Wildman–Crippen MR) is 97.1 cm³/mol. The van der Waals surface area contributed by atoms with Crippen LogP contribution in [0.3, 0.4) is 0 Å². The summed E-state index contributed by atoms with van der Waals surface area (Å²) in [4.78, 5) is 3.58. The van der Waals surface area contributed by atoms with Gasteiger partial charge in [-0.15, -0.1) is 0 Å². The van der Waals surface area contributed by atoms with Gasteiger partial charge in [0.15, 0.2) is 23.6 Å². The highest BCUT2D eigenvalue weighted by Gasteiger charge is 2.27. The van der Waals surface area contributed by atoms with Crippen molar-refractivity contribution >= 4 is 42.9 Å². The Balaban J connectivity index is 2.23. The largest absolute Gasteiger partial charge is 0.441 e. The lowest BCUT2D eigenvalue weighted by atomic mass is 10.0. The number of aromatic nitrogens is 1. The van der Waals surface area contributed by atoms with Gasteiger partial charge >= 0.3 is 10.2 Å². The van der Waals surface area contributed by atoms with E-state index in [0.717, 1.165) is 10.7 Å². The SMILES string of the molecule is CN(C)S(=O)(=O)Nc1c(Cc2ccc(Br)cc2F)c(F)c(F)c2ncoc12. The minimum atomic E-state index is -4.08. The summed E-state index contributed by atoms with van der Waals surface area (Å²) >= 11 is 3.11. The smallest absolute Gasteiger partial charge is 0.301 e. The van der Waals surface area contributed by atoms with E-state index in [-0.39, 0.29) is 16.8 Å². The molecule has 0 saturated heterocycles. The molecule has 6 nitrogen and oxygen atoms in total. The van der Waals surface area contributed by atoms with E-state index in [9.17, 15) is 21.6 Å². The lowest BCUT2D eigenvalue weighted by molar-refractivity contribution is 0.505. The molecule has 144 valence electrons. The molecule has 0 spiro atoms. The van der Waals surface area contributed by atoms with Gasteiger partial charge in [-0.25, -0.2) is 18.2 Å². The molecular formula is C16H13BrF3N3O3S. The molecule has 1 N–H and O–H groups in total. The Morgan fingerprint density at radius 3 is 2.56 bits per heavy atom. The topological polar surface area (TPSA) is 75.4 Å². The van der Waals surface area contributed by atoms with E-state index >= 15 is 0 Å². The standard InChI is InChI=1S/C16H13BrF3N3O3S/c1-23(2)27(24,25)22-14-10(5-8-3-4-9(17)6-11(8)18)12(19)13(20)15-16(14)26-7-21-15/h3-4,6-7,22H,5H2,1-2H3. The number of fused-ring (bicyclic) bond motifs is 1. The number of anilines is 1. The van der Waals surface area contributed by atoms with Crippen LogP contribution >= 0.6 is 15.9 Å². The summed E-state index contributed by atoms with van der Waals surface area (Å²) in [6, 6.07) is 4.08. The summed E-state index contributed by atoms with van der Waals surface area (Å²) in [5.74, 6) is -3.31. The van der Waals surface area contributed by atoms with Crippen LogP contribution in [0.4, 0.5) is 18.9 Å². The maximum Gasteiger partial charge on any atom is 0.301 e. The summed E-state index contributed by atoms with van der Waals surface area (Å²) in [6.45, 7) is 0. The van der Waals surface area contributed by atoms with Crippen molar-refractivity contribution in [2.24, 2.45) is 0 Å². The summed E-state index contributed by atoms with van der Waals surface area (Å²) in [7, 11) is -1.56. The van der Waals surface area contributed by atoms with Crippen LogP contribution in [0.1, 0.15) is 11.1 Å². The van der Waals surface area contributed by atoms with Crippen LogP contribution in [0.25, 0.3) is 11.1 Å². The molecule has 0 aliphatic carbocycles. The van der Waals surface area contributed by atoms with E-state index in [0.29, 0.717) is 4.47 Å². The molecule has 11 heteroatoms. The Morgan fingerprint density at radius 1 is 1.22 bits per heavy atom. The molecule has 0 amide bonds. The van der Waals surface area contributed by atoms with Crippen molar-refractivity contribution in [3.8, 4) is 0 Å². The fraction of sp³-hybridized carbons (Fsp3) is 0.188. The van der Waals surface area contributed by atoms with Gasteiger partial charge in [-0.3, -0.25) is 4.72 Å². The molecule has 3 aromatic rings. The molecule has 0 unspecified atom stereocenters. The Kier molecular flexibility index (Phi) is 5.19. The zero-order chi connectivity index (χ0) is 19.9. The molecule has 0 saturated carbocycles. The van der Waals surface area contributed by atoms with Crippen LogP contribution in [-0.4, -0.2) is 31.8 Å². The number of nitrogens with zero attached hydrogens (tertiary/aromatic N) is 2. The van der Waals surface area contributed by atoms with Gasteiger partial charge in [0, 0.05) is 30.6 Å². The van der Waals surface area contributed by atoms with Crippen molar-refractivity contribution in [2.75, 3.05) is 18.8 Å². The number of nitrogens with one attached hydrogen (secondary N) is 1. The van der Waals surface area contributed by atoms with Crippen LogP contribution < -0.4 is 4.72 Å².